The summed E-state index contributed by atoms with van der Waals surface area (Å²) in [5, 5.41) is 12.7. The Labute approximate surface area is 175 Å². The van der Waals surface area contributed by atoms with Gasteiger partial charge in [0.15, 0.2) is 17.3 Å². The molecule has 0 amide bonds. The van der Waals surface area contributed by atoms with E-state index in [0.29, 0.717) is 11.5 Å². The maximum absolute atomic E-state index is 9.68. The van der Waals surface area contributed by atoms with Crippen molar-refractivity contribution in [2.75, 3.05) is 18.2 Å². The molecule has 0 aliphatic heterocycles. The standard InChI is InChI=1S/C22H22N6O2/c1-14(2)30-18-10-9-15(12-19(18)29-3)11-16(13-23)20-26-21(24)28-22(27-20)25-17-7-5-4-6-8-17/h4-12,14H,1-3H3,(H3,24,25,26,27,28)/b16-11+. The Kier molecular flexibility index (Phi) is 6.45. The van der Waals surface area contributed by atoms with Crippen LogP contribution in [0, 0.1) is 11.3 Å². The molecule has 0 atom stereocenters. The van der Waals surface area contributed by atoms with Gasteiger partial charge >= 0.3 is 0 Å². The van der Waals surface area contributed by atoms with Crippen molar-refractivity contribution in [3.05, 3.63) is 59.9 Å². The van der Waals surface area contributed by atoms with E-state index >= 15 is 0 Å². The fourth-order valence-corrected chi connectivity index (χ4v) is 2.66. The number of aromatic nitrogens is 3. The van der Waals surface area contributed by atoms with E-state index in [1.54, 1.807) is 25.3 Å². The number of allylic oxidation sites excluding steroid dienone is 1. The molecule has 3 rings (SSSR count). The Morgan fingerprint density at radius 2 is 1.87 bits per heavy atom. The number of benzene rings is 2. The molecular weight excluding hydrogens is 380 g/mol. The van der Waals surface area contributed by atoms with Gasteiger partial charge < -0.3 is 20.5 Å². The lowest BCUT2D eigenvalue weighted by Crippen LogP contribution is -2.07. The first-order valence-corrected chi connectivity index (χ1v) is 9.29. The Morgan fingerprint density at radius 3 is 2.53 bits per heavy atom. The first-order valence-electron chi connectivity index (χ1n) is 9.29. The highest BCUT2D eigenvalue weighted by Crippen LogP contribution is 2.30. The van der Waals surface area contributed by atoms with Crippen molar-refractivity contribution in [3.63, 3.8) is 0 Å². The normalized spacial score (nSPS) is 11.1. The Hall–Kier alpha value is -4.12. The van der Waals surface area contributed by atoms with Crippen LogP contribution in [0.15, 0.2) is 48.5 Å². The lowest BCUT2D eigenvalue weighted by atomic mass is 10.1. The maximum Gasteiger partial charge on any atom is 0.232 e. The molecule has 8 heteroatoms. The van der Waals surface area contributed by atoms with Crippen LogP contribution in [-0.2, 0) is 0 Å². The zero-order chi connectivity index (χ0) is 21.5. The fraction of sp³-hybridized carbons (Fsp3) is 0.182. The summed E-state index contributed by atoms with van der Waals surface area (Å²) in [5.74, 6) is 1.63. The van der Waals surface area contributed by atoms with Gasteiger partial charge in [0.05, 0.1) is 18.8 Å². The van der Waals surface area contributed by atoms with Gasteiger partial charge in [-0.05, 0) is 49.8 Å². The molecule has 2 aromatic carbocycles. The van der Waals surface area contributed by atoms with E-state index in [-0.39, 0.29) is 29.4 Å². The van der Waals surface area contributed by atoms with Gasteiger partial charge in [0, 0.05) is 5.69 Å². The van der Waals surface area contributed by atoms with Gasteiger partial charge in [0.1, 0.15) is 6.07 Å². The molecule has 30 heavy (non-hydrogen) atoms. The van der Waals surface area contributed by atoms with Crippen LogP contribution in [0.3, 0.4) is 0 Å². The summed E-state index contributed by atoms with van der Waals surface area (Å²) in [5.41, 5.74) is 7.60. The third-order valence-electron chi connectivity index (χ3n) is 3.91. The monoisotopic (exact) mass is 402 g/mol. The van der Waals surface area contributed by atoms with Gasteiger partial charge in [-0.1, -0.05) is 24.3 Å². The second-order valence-electron chi connectivity index (χ2n) is 6.58. The van der Waals surface area contributed by atoms with Crippen LogP contribution in [0.25, 0.3) is 11.6 Å². The van der Waals surface area contributed by atoms with E-state index < -0.39 is 0 Å². The molecule has 152 valence electrons. The third-order valence-corrected chi connectivity index (χ3v) is 3.91. The second kappa shape index (κ2) is 9.39. The van der Waals surface area contributed by atoms with Crippen molar-refractivity contribution in [1.29, 1.82) is 5.26 Å². The topological polar surface area (TPSA) is 119 Å². The number of nitrogens with two attached hydrogens (primary N) is 1. The molecule has 0 saturated carbocycles. The Morgan fingerprint density at radius 1 is 1.10 bits per heavy atom. The van der Waals surface area contributed by atoms with Crippen molar-refractivity contribution < 1.29 is 9.47 Å². The molecule has 1 heterocycles. The highest BCUT2D eigenvalue weighted by atomic mass is 16.5. The summed E-state index contributed by atoms with van der Waals surface area (Å²) in [6, 6.07) is 16.9. The van der Waals surface area contributed by atoms with Crippen LogP contribution in [0.2, 0.25) is 0 Å². The first-order chi connectivity index (χ1) is 14.5. The summed E-state index contributed by atoms with van der Waals surface area (Å²) >= 11 is 0. The first kappa shape index (κ1) is 20.6. The van der Waals surface area contributed by atoms with Crippen LogP contribution in [0.1, 0.15) is 25.2 Å². The van der Waals surface area contributed by atoms with Gasteiger partial charge in [0.2, 0.25) is 11.9 Å². The number of nitrogens with zero attached hydrogens (tertiary/aromatic N) is 4. The van der Waals surface area contributed by atoms with Crippen molar-refractivity contribution in [1.82, 2.24) is 15.0 Å². The molecule has 0 spiro atoms. The van der Waals surface area contributed by atoms with E-state index in [9.17, 15) is 5.26 Å². The molecule has 0 aliphatic carbocycles. The van der Waals surface area contributed by atoms with E-state index in [1.165, 1.54) is 0 Å². The van der Waals surface area contributed by atoms with Crippen LogP contribution < -0.4 is 20.5 Å². The smallest absolute Gasteiger partial charge is 0.232 e. The quantitative estimate of drug-likeness (QED) is 0.568. The molecule has 1 aromatic heterocycles. The summed E-state index contributed by atoms with van der Waals surface area (Å²) in [4.78, 5) is 12.5. The number of nitrogen functional groups attached to an aromatic ring is 1. The molecular formula is C22H22N6O2. The predicted molar refractivity (Wildman–Crippen MR) is 116 cm³/mol. The second-order valence-corrected chi connectivity index (χ2v) is 6.58. The van der Waals surface area contributed by atoms with Gasteiger partial charge in [-0.25, -0.2) is 0 Å². The predicted octanol–water partition coefficient (Wildman–Crippen LogP) is 4.06. The van der Waals surface area contributed by atoms with Crippen molar-refractivity contribution >= 4 is 29.2 Å². The zero-order valence-electron chi connectivity index (χ0n) is 17.0. The summed E-state index contributed by atoms with van der Waals surface area (Å²) < 4.78 is 11.1. The SMILES string of the molecule is COc1cc(/C=C(\C#N)c2nc(N)nc(Nc3ccccc3)n2)ccc1OC(C)C. The van der Waals surface area contributed by atoms with Gasteiger partial charge in [-0.2, -0.15) is 20.2 Å². The van der Waals surface area contributed by atoms with Crippen LogP contribution in [-0.4, -0.2) is 28.2 Å². The third kappa shape index (κ3) is 5.23. The van der Waals surface area contributed by atoms with Crippen LogP contribution in [0.4, 0.5) is 17.6 Å². The largest absolute Gasteiger partial charge is 0.493 e. The number of hydrogen-bond donors (Lipinski definition) is 2. The molecule has 0 saturated heterocycles. The van der Waals surface area contributed by atoms with Crippen molar-refractivity contribution in [3.8, 4) is 17.6 Å². The minimum Gasteiger partial charge on any atom is -0.493 e. The van der Waals surface area contributed by atoms with Crippen LogP contribution in [0.5, 0.6) is 11.5 Å². The highest BCUT2D eigenvalue weighted by molar-refractivity contribution is 5.87. The summed E-state index contributed by atoms with van der Waals surface area (Å²) in [6.07, 6.45) is 1.67. The molecule has 0 aliphatic rings. The van der Waals surface area contributed by atoms with Crippen molar-refractivity contribution in [2.24, 2.45) is 0 Å². The molecule has 8 nitrogen and oxygen atoms in total. The minimum atomic E-state index is 0.0119. The van der Waals surface area contributed by atoms with Gasteiger partial charge in [-0.15, -0.1) is 0 Å². The number of nitriles is 1. The highest BCUT2D eigenvalue weighted by Gasteiger charge is 2.12. The van der Waals surface area contributed by atoms with E-state index in [4.69, 9.17) is 15.2 Å². The molecule has 0 unspecified atom stereocenters. The number of methoxy groups -OCH3 is 1. The number of anilines is 3. The number of rotatable bonds is 7. The average Bonchev–Trinajstić information content (AvgIpc) is 2.72. The number of ether oxygens (including phenoxy) is 2. The average molecular weight is 402 g/mol. The lowest BCUT2D eigenvalue weighted by molar-refractivity contribution is 0.230. The number of nitrogens with one attached hydrogen (secondary N) is 1. The molecule has 0 bridgehead atoms. The number of para-hydroxylation sites is 1. The molecule has 3 aromatic rings. The minimum absolute atomic E-state index is 0.0119. The number of hydrogen-bond acceptors (Lipinski definition) is 8. The zero-order valence-corrected chi connectivity index (χ0v) is 17.0. The van der Waals surface area contributed by atoms with E-state index in [1.807, 2.05) is 50.2 Å². The van der Waals surface area contributed by atoms with Crippen molar-refractivity contribution in [2.45, 2.75) is 20.0 Å². The van der Waals surface area contributed by atoms with E-state index in [0.717, 1.165) is 11.3 Å². The Bertz CT molecular complexity index is 1090. The Balaban J connectivity index is 1.94. The van der Waals surface area contributed by atoms with E-state index in [2.05, 4.69) is 26.3 Å². The molecule has 0 fully saturated rings. The van der Waals surface area contributed by atoms with Gasteiger partial charge in [0.25, 0.3) is 0 Å². The molecule has 0 radical (unpaired) electrons. The van der Waals surface area contributed by atoms with Gasteiger partial charge in [-0.3, -0.25) is 0 Å². The molecule has 3 N–H and O–H groups in total. The summed E-state index contributed by atoms with van der Waals surface area (Å²) in [6.45, 7) is 3.88. The maximum atomic E-state index is 9.68. The van der Waals surface area contributed by atoms with Crippen LogP contribution >= 0.6 is 0 Å². The summed E-state index contributed by atoms with van der Waals surface area (Å²) in [7, 11) is 1.56. The lowest BCUT2D eigenvalue weighted by Gasteiger charge is -2.14. The fourth-order valence-electron chi connectivity index (χ4n) is 2.66.